The number of nitriles is 1. The third-order valence-corrected chi connectivity index (χ3v) is 2.05. The first kappa shape index (κ1) is 9.94. The van der Waals surface area contributed by atoms with Gasteiger partial charge in [0.25, 0.3) is 0 Å². The standard InChI is InChI=1S/C6H7N7S/c7-2-12-4(8)3-1-11-6(14-3)13-5(9)10/h1H,(H2,8,12)(H4,9,10,11,13). The van der Waals surface area contributed by atoms with Gasteiger partial charge >= 0.3 is 0 Å². The minimum atomic E-state index is -0.0818. The fourth-order valence-electron chi connectivity index (χ4n) is 0.654. The largest absolute Gasteiger partial charge is 0.382 e. The van der Waals surface area contributed by atoms with Crippen LogP contribution in [-0.4, -0.2) is 16.8 Å². The second-order valence-electron chi connectivity index (χ2n) is 2.14. The number of amidine groups is 1. The molecule has 1 heterocycles. The first-order valence-electron chi connectivity index (χ1n) is 3.41. The van der Waals surface area contributed by atoms with Gasteiger partial charge in [-0.2, -0.15) is 15.2 Å². The predicted octanol–water partition coefficient (Wildman–Crippen LogP) is -0.766. The van der Waals surface area contributed by atoms with E-state index in [0.717, 1.165) is 11.3 Å². The number of guanidine groups is 1. The molecule has 0 aliphatic heterocycles. The van der Waals surface area contributed by atoms with Crippen LogP contribution in [0.4, 0.5) is 5.13 Å². The van der Waals surface area contributed by atoms with Crippen molar-refractivity contribution in [1.82, 2.24) is 4.98 Å². The van der Waals surface area contributed by atoms with E-state index in [-0.39, 0.29) is 11.8 Å². The lowest BCUT2D eigenvalue weighted by Crippen LogP contribution is -2.21. The van der Waals surface area contributed by atoms with E-state index in [1.54, 1.807) is 6.19 Å². The second kappa shape index (κ2) is 4.20. The average molecular weight is 209 g/mol. The Bertz CT molecular complexity index is 420. The normalized spacial score (nSPS) is 10.6. The quantitative estimate of drug-likeness (QED) is 0.333. The Kier molecular flexibility index (Phi) is 2.98. The highest BCUT2D eigenvalue weighted by Gasteiger charge is 2.04. The smallest absolute Gasteiger partial charge is 0.212 e. The molecule has 0 atom stereocenters. The molecule has 8 heteroatoms. The van der Waals surface area contributed by atoms with E-state index in [9.17, 15) is 0 Å². The van der Waals surface area contributed by atoms with Crippen LogP contribution in [0.2, 0.25) is 0 Å². The lowest BCUT2D eigenvalue weighted by Gasteiger charge is -1.88. The molecule has 0 amide bonds. The van der Waals surface area contributed by atoms with Crippen LogP contribution in [0.25, 0.3) is 0 Å². The molecule has 6 N–H and O–H groups in total. The van der Waals surface area contributed by atoms with Crippen LogP contribution in [0, 0.1) is 11.5 Å². The van der Waals surface area contributed by atoms with Crippen molar-refractivity contribution in [3.8, 4) is 6.19 Å². The summed E-state index contributed by atoms with van der Waals surface area (Å²) in [7, 11) is 0. The minimum absolute atomic E-state index is 0.0818. The van der Waals surface area contributed by atoms with Crippen molar-refractivity contribution in [2.75, 3.05) is 0 Å². The van der Waals surface area contributed by atoms with Gasteiger partial charge in [0.1, 0.15) is 0 Å². The van der Waals surface area contributed by atoms with E-state index in [1.165, 1.54) is 6.20 Å². The summed E-state index contributed by atoms with van der Waals surface area (Å²) in [6.07, 6.45) is 3.02. The van der Waals surface area contributed by atoms with Gasteiger partial charge in [-0.1, -0.05) is 11.3 Å². The summed E-state index contributed by atoms with van der Waals surface area (Å²) in [4.78, 5) is 11.5. The lowest BCUT2D eigenvalue weighted by atomic mass is 10.5. The third kappa shape index (κ3) is 2.43. The van der Waals surface area contributed by atoms with Gasteiger partial charge in [0.15, 0.2) is 11.8 Å². The van der Waals surface area contributed by atoms with Crippen LogP contribution in [0.1, 0.15) is 4.88 Å². The molecule has 0 aromatic carbocycles. The molecule has 1 rings (SSSR count). The summed E-state index contributed by atoms with van der Waals surface area (Å²) in [5.74, 6) is 0.0173. The highest BCUT2D eigenvalue weighted by atomic mass is 32.1. The molecule has 0 unspecified atom stereocenters. The molecule has 0 saturated carbocycles. The summed E-state index contributed by atoms with van der Waals surface area (Å²) in [6.45, 7) is 0. The van der Waals surface area contributed by atoms with Crippen molar-refractivity contribution >= 4 is 28.3 Å². The van der Waals surface area contributed by atoms with Gasteiger partial charge < -0.3 is 17.2 Å². The van der Waals surface area contributed by atoms with E-state index in [0.29, 0.717) is 10.0 Å². The van der Waals surface area contributed by atoms with Gasteiger partial charge in [-0.15, -0.1) is 0 Å². The number of hydrogen-bond donors (Lipinski definition) is 3. The minimum Gasteiger partial charge on any atom is -0.382 e. The SMILES string of the molecule is N#CN=C(N)c1cnc(N=C(N)N)s1. The van der Waals surface area contributed by atoms with Gasteiger partial charge in [-0.3, -0.25) is 0 Å². The first-order chi connectivity index (χ1) is 6.63. The Morgan fingerprint density at radius 2 is 2.21 bits per heavy atom. The molecule has 0 radical (unpaired) electrons. The maximum Gasteiger partial charge on any atom is 0.212 e. The molecule has 0 spiro atoms. The zero-order valence-corrected chi connectivity index (χ0v) is 7.82. The molecule has 7 nitrogen and oxygen atoms in total. The highest BCUT2D eigenvalue weighted by molar-refractivity contribution is 7.17. The Morgan fingerprint density at radius 3 is 2.79 bits per heavy atom. The Balaban J connectivity index is 2.95. The van der Waals surface area contributed by atoms with Crippen LogP contribution < -0.4 is 17.2 Å². The number of nitrogens with two attached hydrogens (primary N) is 3. The first-order valence-corrected chi connectivity index (χ1v) is 4.23. The molecule has 72 valence electrons. The summed E-state index contributed by atoms with van der Waals surface area (Å²) in [5, 5.41) is 8.62. The molecule has 0 aliphatic rings. The fourth-order valence-corrected chi connectivity index (χ4v) is 1.36. The highest BCUT2D eigenvalue weighted by Crippen LogP contribution is 2.20. The number of nitrogens with zero attached hydrogens (tertiary/aromatic N) is 4. The summed E-state index contributed by atoms with van der Waals surface area (Å²) in [5.41, 5.74) is 15.7. The lowest BCUT2D eigenvalue weighted by molar-refractivity contribution is 1.32. The van der Waals surface area contributed by atoms with Gasteiger partial charge in [0.05, 0.1) is 11.1 Å². The second-order valence-corrected chi connectivity index (χ2v) is 3.15. The third-order valence-electron chi connectivity index (χ3n) is 1.14. The van der Waals surface area contributed by atoms with Crippen molar-refractivity contribution in [2.24, 2.45) is 27.2 Å². The van der Waals surface area contributed by atoms with Gasteiger partial charge in [-0.25, -0.2) is 4.98 Å². The zero-order chi connectivity index (χ0) is 10.6. The molecule has 0 fully saturated rings. The Hall–Kier alpha value is -2.14. The number of thiazole rings is 1. The van der Waals surface area contributed by atoms with Gasteiger partial charge in [0, 0.05) is 0 Å². The van der Waals surface area contributed by atoms with Crippen LogP contribution in [0.15, 0.2) is 16.2 Å². The maximum atomic E-state index is 8.25. The van der Waals surface area contributed by atoms with Crippen molar-refractivity contribution < 1.29 is 0 Å². The van der Waals surface area contributed by atoms with E-state index >= 15 is 0 Å². The monoisotopic (exact) mass is 209 g/mol. The van der Waals surface area contributed by atoms with Crippen molar-refractivity contribution in [1.29, 1.82) is 5.26 Å². The van der Waals surface area contributed by atoms with E-state index in [2.05, 4.69) is 15.0 Å². The summed E-state index contributed by atoms with van der Waals surface area (Å²) in [6, 6.07) is 0. The zero-order valence-electron chi connectivity index (χ0n) is 7.01. The average Bonchev–Trinajstić information content (AvgIpc) is 2.52. The molecule has 0 aliphatic carbocycles. The summed E-state index contributed by atoms with van der Waals surface area (Å²) >= 11 is 1.14. The number of hydrogen-bond acceptors (Lipinski definition) is 5. The van der Waals surface area contributed by atoms with Gasteiger partial charge in [-0.05, 0) is 0 Å². The van der Waals surface area contributed by atoms with Gasteiger partial charge in [0.2, 0.25) is 11.3 Å². The van der Waals surface area contributed by atoms with Crippen LogP contribution in [-0.2, 0) is 0 Å². The van der Waals surface area contributed by atoms with E-state index in [4.69, 9.17) is 22.5 Å². The molecule has 0 bridgehead atoms. The summed E-state index contributed by atoms with van der Waals surface area (Å²) < 4.78 is 0. The maximum absolute atomic E-state index is 8.25. The van der Waals surface area contributed by atoms with Crippen molar-refractivity contribution in [3.63, 3.8) is 0 Å². The Morgan fingerprint density at radius 1 is 1.50 bits per heavy atom. The fraction of sp³-hybridized carbons (Fsp3) is 0. The number of aromatic nitrogens is 1. The molecule has 1 aromatic rings. The molecule has 1 aromatic heterocycles. The van der Waals surface area contributed by atoms with E-state index in [1.807, 2.05) is 0 Å². The molecular formula is C6H7N7S. The molecule has 14 heavy (non-hydrogen) atoms. The predicted molar refractivity (Wildman–Crippen MR) is 53.9 cm³/mol. The van der Waals surface area contributed by atoms with Crippen molar-refractivity contribution in [2.45, 2.75) is 0 Å². The van der Waals surface area contributed by atoms with Crippen LogP contribution in [0.3, 0.4) is 0 Å². The van der Waals surface area contributed by atoms with Crippen LogP contribution in [0.5, 0.6) is 0 Å². The molecular weight excluding hydrogens is 202 g/mol. The Labute approximate surface area is 83.6 Å². The van der Waals surface area contributed by atoms with E-state index < -0.39 is 0 Å². The number of aliphatic imine (C=N–C) groups is 2. The molecule has 0 saturated heterocycles. The van der Waals surface area contributed by atoms with Crippen molar-refractivity contribution in [3.05, 3.63) is 11.1 Å². The number of rotatable bonds is 2. The topological polar surface area (TPSA) is 139 Å². The van der Waals surface area contributed by atoms with Crippen LogP contribution >= 0.6 is 11.3 Å².